The molecule has 3 heteroatoms. The fourth-order valence-corrected chi connectivity index (χ4v) is 1.75. The minimum absolute atomic E-state index is 0.265. The summed E-state index contributed by atoms with van der Waals surface area (Å²) in [5, 5.41) is 0. The highest BCUT2D eigenvalue weighted by molar-refractivity contribution is 5.75. The number of hydrogen-bond acceptors (Lipinski definition) is 2. The van der Waals surface area contributed by atoms with Gasteiger partial charge in [0.15, 0.2) is 0 Å². The first-order valence-corrected chi connectivity index (χ1v) is 6.86. The van der Waals surface area contributed by atoms with Gasteiger partial charge in [-0.3, -0.25) is 4.79 Å². The van der Waals surface area contributed by atoms with Crippen LogP contribution in [-0.4, -0.2) is 49.9 Å². The van der Waals surface area contributed by atoms with E-state index in [2.05, 4.69) is 18.7 Å². The van der Waals surface area contributed by atoms with Crippen molar-refractivity contribution in [3.63, 3.8) is 0 Å². The molecular weight excluding hydrogens is 212 g/mol. The van der Waals surface area contributed by atoms with Gasteiger partial charge in [0.25, 0.3) is 0 Å². The normalized spacial score (nSPS) is 12.8. The van der Waals surface area contributed by atoms with E-state index in [0.717, 1.165) is 25.4 Å². The van der Waals surface area contributed by atoms with E-state index in [4.69, 9.17) is 0 Å². The molecule has 0 rings (SSSR count). The van der Waals surface area contributed by atoms with E-state index >= 15 is 0 Å². The van der Waals surface area contributed by atoms with Crippen LogP contribution < -0.4 is 0 Å². The first kappa shape index (κ1) is 16.4. The Morgan fingerprint density at radius 3 is 2.29 bits per heavy atom. The Balaban J connectivity index is 3.69. The Hall–Kier alpha value is -0.570. The van der Waals surface area contributed by atoms with Gasteiger partial charge in [0.2, 0.25) is 5.91 Å². The molecule has 0 unspecified atom stereocenters. The van der Waals surface area contributed by atoms with Crippen molar-refractivity contribution in [2.45, 2.75) is 46.0 Å². The smallest absolute Gasteiger partial charge is 0.223 e. The van der Waals surface area contributed by atoms with Crippen LogP contribution in [0.25, 0.3) is 0 Å². The summed E-state index contributed by atoms with van der Waals surface area (Å²) in [6, 6.07) is 0. The molecule has 0 fully saturated rings. The highest BCUT2D eigenvalue weighted by atomic mass is 16.2. The molecule has 0 aromatic heterocycles. The molecule has 0 aliphatic heterocycles. The molecule has 0 aliphatic rings. The van der Waals surface area contributed by atoms with Crippen molar-refractivity contribution in [3.8, 4) is 0 Å². The fraction of sp³-hybridized carbons (Fsp3) is 0.929. The maximum Gasteiger partial charge on any atom is 0.223 e. The average Bonchev–Trinajstić information content (AvgIpc) is 2.29. The van der Waals surface area contributed by atoms with Crippen molar-refractivity contribution < 1.29 is 4.79 Å². The summed E-state index contributed by atoms with van der Waals surface area (Å²) in [7, 11) is 5.92. The minimum atomic E-state index is 0.265. The number of carbonyl (C=O) groups is 1. The van der Waals surface area contributed by atoms with Crippen molar-refractivity contribution in [2.75, 3.05) is 34.2 Å². The molecule has 0 aromatic carbocycles. The standard InChI is InChI=1S/C14H30N2O/c1-6-7-8-13(2)9-12-16(5)14(17)10-11-15(3)4/h13H,6-12H2,1-5H3/t13-/m1/s1. The molecule has 1 amide bonds. The van der Waals surface area contributed by atoms with Crippen LogP contribution in [-0.2, 0) is 4.79 Å². The van der Waals surface area contributed by atoms with Crippen molar-refractivity contribution >= 4 is 5.91 Å². The number of unbranched alkanes of at least 4 members (excludes halogenated alkanes) is 1. The molecule has 17 heavy (non-hydrogen) atoms. The SMILES string of the molecule is CCCC[C@@H](C)CCN(C)C(=O)CCN(C)C. The highest BCUT2D eigenvalue weighted by Gasteiger charge is 2.10. The van der Waals surface area contributed by atoms with Crippen LogP contribution in [0, 0.1) is 5.92 Å². The van der Waals surface area contributed by atoms with Crippen LogP contribution >= 0.6 is 0 Å². The predicted molar refractivity (Wildman–Crippen MR) is 74.1 cm³/mol. The molecule has 0 saturated carbocycles. The lowest BCUT2D eigenvalue weighted by Gasteiger charge is -2.20. The zero-order valence-corrected chi connectivity index (χ0v) is 12.3. The van der Waals surface area contributed by atoms with E-state index in [1.54, 1.807) is 0 Å². The maximum atomic E-state index is 11.8. The third-order valence-corrected chi connectivity index (χ3v) is 3.21. The third kappa shape index (κ3) is 9.16. The van der Waals surface area contributed by atoms with Crippen molar-refractivity contribution in [3.05, 3.63) is 0 Å². The molecule has 0 N–H and O–H groups in total. The lowest BCUT2D eigenvalue weighted by Crippen LogP contribution is -2.31. The molecule has 0 radical (unpaired) electrons. The molecule has 0 spiro atoms. The fourth-order valence-electron chi connectivity index (χ4n) is 1.75. The Kier molecular flexibility index (Phi) is 9.14. The lowest BCUT2D eigenvalue weighted by molar-refractivity contribution is -0.130. The van der Waals surface area contributed by atoms with Crippen LogP contribution in [0.4, 0.5) is 0 Å². The van der Waals surface area contributed by atoms with Crippen LogP contribution in [0.3, 0.4) is 0 Å². The van der Waals surface area contributed by atoms with E-state index in [0.29, 0.717) is 6.42 Å². The summed E-state index contributed by atoms with van der Waals surface area (Å²) >= 11 is 0. The molecule has 1 atom stereocenters. The van der Waals surface area contributed by atoms with Crippen LogP contribution in [0.5, 0.6) is 0 Å². The Morgan fingerprint density at radius 2 is 1.76 bits per heavy atom. The van der Waals surface area contributed by atoms with E-state index < -0.39 is 0 Å². The lowest BCUT2D eigenvalue weighted by atomic mass is 10.0. The summed E-state index contributed by atoms with van der Waals surface area (Å²) in [4.78, 5) is 15.7. The Morgan fingerprint density at radius 1 is 1.12 bits per heavy atom. The summed E-state index contributed by atoms with van der Waals surface area (Å²) < 4.78 is 0. The van der Waals surface area contributed by atoms with Gasteiger partial charge in [-0.15, -0.1) is 0 Å². The summed E-state index contributed by atoms with van der Waals surface area (Å²) in [5.41, 5.74) is 0. The minimum Gasteiger partial charge on any atom is -0.346 e. The van der Waals surface area contributed by atoms with E-state index in [1.807, 2.05) is 26.0 Å². The summed E-state index contributed by atoms with van der Waals surface area (Å²) in [6.45, 7) is 6.25. The van der Waals surface area contributed by atoms with Crippen molar-refractivity contribution in [1.82, 2.24) is 9.80 Å². The second kappa shape index (κ2) is 9.46. The number of carbonyl (C=O) groups excluding carboxylic acids is 1. The van der Waals surface area contributed by atoms with Crippen molar-refractivity contribution in [2.24, 2.45) is 5.92 Å². The van der Waals surface area contributed by atoms with Gasteiger partial charge in [-0.05, 0) is 26.4 Å². The second-order valence-electron chi connectivity index (χ2n) is 5.40. The zero-order chi connectivity index (χ0) is 13.3. The van der Waals surface area contributed by atoms with Gasteiger partial charge in [-0.1, -0.05) is 33.1 Å². The maximum absolute atomic E-state index is 11.8. The molecule has 102 valence electrons. The highest BCUT2D eigenvalue weighted by Crippen LogP contribution is 2.12. The van der Waals surface area contributed by atoms with Gasteiger partial charge in [0, 0.05) is 26.6 Å². The third-order valence-electron chi connectivity index (χ3n) is 3.21. The van der Waals surface area contributed by atoms with Gasteiger partial charge in [-0.2, -0.15) is 0 Å². The van der Waals surface area contributed by atoms with E-state index in [9.17, 15) is 4.79 Å². The first-order chi connectivity index (χ1) is 7.97. The second-order valence-corrected chi connectivity index (χ2v) is 5.40. The molecule has 0 heterocycles. The van der Waals surface area contributed by atoms with Crippen LogP contribution in [0.1, 0.15) is 46.0 Å². The van der Waals surface area contributed by atoms with Gasteiger partial charge in [0.05, 0.1) is 0 Å². The summed E-state index contributed by atoms with van der Waals surface area (Å²) in [6.07, 6.45) is 5.62. The molecule has 0 saturated heterocycles. The molecule has 0 aromatic rings. The van der Waals surface area contributed by atoms with Gasteiger partial charge in [-0.25, -0.2) is 0 Å². The first-order valence-electron chi connectivity index (χ1n) is 6.86. The van der Waals surface area contributed by atoms with Crippen molar-refractivity contribution in [1.29, 1.82) is 0 Å². The topological polar surface area (TPSA) is 23.6 Å². The summed E-state index contributed by atoms with van der Waals surface area (Å²) in [5.74, 6) is 1.00. The zero-order valence-electron chi connectivity index (χ0n) is 12.3. The van der Waals surface area contributed by atoms with Gasteiger partial charge in [0.1, 0.15) is 0 Å². The monoisotopic (exact) mass is 242 g/mol. The van der Waals surface area contributed by atoms with Crippen LogP contribution in [0.2, 0.25) is 0 Å². The largest absolute Gasteiger partial charge is 0.346 e. The molecule has 3 nitrogen and oxygen atoms in total. The number of rotatable bonds is 9. The molecular formula is C14H30N2O. The Labute approximate surface area is 107 Å². The van der Waals surface area contributed by atoms with Gasteiger partial charge >= 0.3 is 0 Å². The van der Waals surface area contributed by atoms with Crippen LogP contribution in [0.15, 0.2) is 0 Å². The molecule has 0 bridgehead atoms. The predicted octanol–water partition coefficient (Wildman–Crippen LogP) is 2.61. The van der Waals surface area contributed by atoms with Gasteiger partial charge < -0.3 is 9.80 Å². The number of amides is 1. The van der Waals surface area contributed by atoms with E-state index in [-0.39, 0.29) is 5.91 Å². The molecule has 0 aliphatic carbocycles. The average molecular weight is 242 g/mol. The van der Waals surface area contributed by atoms with E-state index in [1.165, 1.54) is 19.3 Å². The number of nitrogens with zero attached hydrogens (tertiary/aromatic N) is 2. The Bertz CT molecular complexity index is 204. The number of hydrogen-bond donors (Lipinski definition) is 0. The quantitative estimate of drug-likeness (QED) is 0.620.